The number of rotatable bonds is 12. The summed E-state index contributed by atoms with van der Waals surface area (Å²) >= 11 is 0. The van der Waals surface area contributed by atoms with Gasteiger partial charge in [-0.25, -0.2) is 0 Å². The van der Waals surface area contributed by atoms with Gasteiger partial charge in [0.15, 0.2) is 5.78 Å². The number of ketones is 1. The molecule has 7 heteroatoms. The number of piperidine rings is 1. The average molecular weight is 609 g/mol. The molecule has 2 N–H and O–H groups in total. The van der Waals surface area contributed by atoms with E-state index >= 15 is 0 Å². The van der Waals surface area contributed by atoms with Crippen LogP contribution in [0, 0.1) is 5.92 Å². The summed E-state index contributed by atoms with van der Waals surface area (Å²) in [6.45, 7) is 1.73. The molecule has 1 heterocycles. The van der Waals surface area contributed by atoms with Crippen molar-refractivity contribution in [2.24, 2.45) is 11.7 Å². The van der Waals surface area contributed by atoms with Crippen LogP contribution in [0.5, 0.6) is 0 Å². The Bertz CT molecular complexity index is 1510. The van der Waals surface area contributed by atoms with Crippen LogP contribution in [0.15, 0.2) is 84.9 Å². The number of likely N-dealkylation sites (tertiary alicyclic amines) is 1. The number of fused-ring (bicyclic) bond motifs is 1. The molecule has 3 aromatic carbocycles. The summed E-state index contributed by atoms with van der Waals surface area (Å²) in [5.74, 6) is -0.466. The van der Waals surface area contributed by atoms with Crippen molar-refractivity contribution in [3.63, 3.8) is 0 Å². The molecular weight excluding hydrogens is 560 g/mol. The number of nitrogens with zero attached hydrogens (tertiary/aromatic N) is 3. The second-order valence-electron chi connectivity index (χ2n) is 13.3. The molecule has 0 radical (unpaired) electrons. The summed E-state index contributed by atoms with van der Waals surface area (Å²) in [5, 5.41) is 2.20. The molecule has 2 amide bonds. The minimum absolute atomic E-state index is 0.0958. The highest BCUT2D eigenvalue weighted by Crippen LogP contribution is 2.32. The van der Waals surface area contributed by atoms with Crippen LogP contribution >= 0.6 is 0 Å². The van der Waals surface area contributed by atoms with Crippen LogP contribution < -0.4 is 5.73 Å². The third-order valence-corrected chi connectivity index (χ3v) is 10.0. The first-order valence-electron chi connectivity index (χ1n) is 16.4. The van der Waals surface area contributed by atoms with E-state index in [2.05, 4.69) is 36.2 Å². The van der Waals surface area contributed by atoms with E-state index in [-0.39, 0.29) is 29.1 Å². The fourth-order valence-corrected chi connectivity index (χ4v) is 6.70. The van der Waals surface area contributed by atoms with Crippen LogP contribution in [0.1, 0.15) is 49.7 Å². The van der Waals surface area contributed by atoms with Crippen LogP contribution in [0.3, 0.4) is 0 Å². The number of likely N-dealkylation sites (N-methyl/N-ethyl adjacent to an activating group) is 2. The minimum Gasteiger partial charge on any atom is -0.334 e. The van der Waals surface area contributed by atoms with Crippen molar-refractivity contribution in [2.75, 3.05) is 34.2 Å². The van der Waals surface area contributed by atoms with E-state index < -0.39 is 12.1 Å². The maximum Gasteiger partial charge on any atom is 0.246 e. The Morgan fingerprint density at radius 1 is 0.867 bits per heavy atom. The van der Waals surface area contributed by atoms with E-state index in [1.54, 1.807) is 25.1 Å². The summed E-state index contributed by atoms with van der Waals surface area (Å²) in [7, 11) is 5.51. The number of Topliss-reactive ketones (excluding diaryl/α,β-unsaturated/α-hetero) is 1. The first-order chi connectivity index (χ1) is 21.6. The predicted molar refractivity (Wildman–Crippen MR) is 181 cm³/mol. The SMILES string of the molecule is CN1CCC(C(=O)[C@@H](Cc2ccccc2)N(C)C(=O)[C@@H](Cc2ccc3ccccc3c2)N(C)C(=O)/C=C/CC2(N)CCC2)CC1. The van der Waals surface area contributed by atoms with E-state index in [1.165, 1.54) is 4.90 Å². The van der Waals surface area contributed by atoms with Gasteiger partial charge < -0.3 is 20.4 Å². The van der Waals surface area contributed by atoms with Gasteiger partial charge in [-0.05, 0) is 93.1 Å². The number of benzene rings is 3. The van der Waals surface area contributed by atoms with Crippen molar-refractivity contribution < 1.29 is 14.4 Å². The second-order valence-corrected chi connectivity index (χ2v) is 13.3. The van der Waals surface area contributed by atoms with E-state index in [0.29, 0.717) is 19.3 Å². The van der Waals surface area contributed by atoms with Crippen molar-refractivity contribution in [2.45, 2.75) is 69.0 Å². The Morgan fingerprint density at radius 3 is 2.18 bits per heavy atom. The van der Waals surface area contributed by atoms with Crippen molar-refractivity contribution in [3.05, 3.63) is 96.1 Å². The standard InChI is InChI=1S/C38H48N4O3/c1-40-23-18-31(19-24-40)36(44)33(26-28-11-5-4-6-12-28)42(3)37(45)34(27-29-16-17-30-13-7-8-14-32(30)25-29)41(2)35(43)15-9-20-38(39)21-10-22-38/h4-9,11-17,25,31,33-34H,10,18-24,26-27,39H2,1-3H3/b15-9+/t33-,34-/m1/s1. The van der Waals surface area contributed by atoms with Gasteiger partial charge in [0.1, 0.15) is 6.04 Å². The lowest BCUT2D eigenvalue weighted by Gasteiger charge is -2.37. The third kappa shape index (κ3) is 8.08. The van der Waals surface area contributed by atoms with Gasteiger partial charge in [-0.3, -0.25) is 14.4 Å². The molecule has 0 spiro atoms. The number of amides is 2. The molecule has 2 atom stereocenters. The molecule has 0 unspecified atom stereocenters. The fraction of sp³-hybridized carbons (Fsp3) is 0.447. The molecule has 5 rings (SSSR count). The molecule has 0 bridgehead atoms. The van der Waals surface area contributed by atoms with Gasteiger partial charge in [-0.2, -0.15) is 0 Å². The zero-order chi connectivity index (χ0) is 32.0. The van der Waals surface area contributed by atoms with Gasteiger partial charge in [0.2, 0.25) is 11.8 Å². The molecule has 7 nitrogen and oxygen atoms in total. The smallest absolute Gasteiger partial charge is 0.246 e. The van der Waals surface area contributed by atoms with Crippen molar-refractivity contribution >= 4 is 28.4 Å². The summed E-state index contributed by atoms with van der Waals surface area (Å²) in [6.07, 6.45) is 9.43. The van der Waals surface area contributed by atoms with E-state index in [9.17, 15) is 14.4 Å². The Morgan fingerprint density at radius 2 is 1.51 bits per heavy atom. The molecule has 0 aromatic heterocycles. The van der Waals surface area contributed by atoms with Gasteiger partial charge in [0.25, 0.3) is 0 Å². The highest BCUT2D eigenvalue weighted by molar-refractivity contribution is 5.96. The van der Waals surface area contributed by atoms with Gasteiger partial charge in [-0.15, -0.1) is 0 Å². The molecular formula is C38H48N4O3. The summed E-state index contributed by atoms with van der Waals surface area (Å²) < 4.78 is 0. The Hall–Kier alpha value is -3.81. The monoisotopic (exact) mass is 608 g/mol. The predicted octanol–water partition coefficient (Wildman–Crippen LogP) is 5.02. The third-order valence-electron chi connectivity index (χ3n) is 10.0. The Balaban J connectivity index is 1.42. The highest BCUT2D eigenvalue weighted by atomic mass is 16.2. The zero-order valence-corrected chi connectivity index (χ0v) is 27.0. The highest BCUT2D eigenvalue weighted by Gasteiger charge is 2.38. The van der Waals surface area contributed by atoms with E-state index in [0.717, 1.165) is 67.1 Å². The lowest BCUT2D eigenvalue weighted by atomic mass is 9.75. The number of hydrogen-bond donors (Lipinski definition) is 1. The molecule has 3 aromatic rings. The Kier molecular flexibility index (Phi) is 10.5. The molecule has 238 valence electrons. The fourth-order valence-electron chi connectivity index (χ4n) is 6.70. The number of hydrogen-bond acceptors (Lipinski definition) is 5. The lowest BCUT2D eigenvalue weighted by molar-refractivity contribution is -0.146. The largest absolute Gasteiger partial charge is 0.334 e. The van der Waals surface area contributed by atoms with Gasteiger partial charge in [-0.1, -0.05) is 78.9 Å². The van der Waals surface area contributed by atoms with Gasteiger partial charge in [0.05, 0.1) is 6.04 Å². The van der Waals surface area contributed by atoms with Gasteiger partial charge >= 0.3 is 0 Å². The average Bonchev–Trinajstić information content (AvgIpc) is 3.04. The summed E-state index contributed by atoms with van der Waals surface area (Å²) in [4.78, 5) is 47.6. The quantitative estimate of drug-likeness (QED) is 0.292. The van der Waals surface area contributed by atoms with Crippen molar-refractivity contribution in [3.8, 4) is 0 Å². The van der Waals surface area contributed by atoms with Crippen LogP contribution in [-0.4, -0.2) is 84.2 Å². The number of carbonyl (C=O) groups excluding carboxylic acids is 3. The topological polar surface area (TPSA) is 87.0 Å². The summed E-state index contributed by atoms with van der Waals surface area (Å²) in [5.41, 5.74) is 8.12. The molecule has 1 aliphatic carbocycles. The lowest BCUT2D eigenvalue weighted by Crippen LogP contribution is -2.55. The normalized spacial score (nSPS) is 18.3. The van der Waals surface area contributed by atoms with Crippen LogP contribution in [0.4, 0.5) is 0 Å². The molecule has 2 fully saturated rings. The number of carbonyl (C=O) groups is 3. The molecule has 45 heavy (non-hydrogen) atoms. The first-order valence-corrected chi connectivity index (χ1v) is 16.4. The van der Waals surface area contributed by atoms with Crippen LogP contribution in [0.25, 0.3) is 10.8 Å². The molecule has 1 aliphatic heterocycles. The van der Waals surface area contributed by atoms with Gasteiger partial charge in [0, 0.05) is 32.0 Å². The van der Waals surface area contributed by atoms with E-state index in [1.807, 2.05) is 54.6 Å². The van der Waals surface area contributed by atoms with Crippen LogP contribution in [0.2, 0.25) is 0 Å². The number of nitrogens with two attached hydrogens (primary N) is 1. The van der Waals surface area contributed by atoms with E-state index in [4.69, 9.17) is 5.73 Å². The van der Waals surface area contributed by atoms with Crippen molar-refractivity contribution in [1.29, 1.82) is 0 Å². The van der Waals surface area contributed by atoms with Crippen molar-refractivity contribution in [1.82, 2.24) is 14.7 Å². The maximum atomic E-state index is 14.5. The minimum atomic E-state index is -0.785. The molecule has 1 saturated heterocycles. The maximum absolute atomic E-state index is 14.5. The Labute approximate surface area is 268 Å². The molecule has 2 aliphatic rings. The van der Waals surface area contributed by atoms with Crippen LogP contribution in [-0.2, 0) is 27.2 Å². The zero-order valence-electron chi connectivity index (χ0n) is 27.0. The summed E-state index contributed by atoms with van der Waals surface area (Å²) in [6, 6.07) is 22.8. The first kappa shape index (κ1) is 32.6. The molecule has 1 saturated carbocycles. The second kappa shape index (κ2) is 14.5.